The Morgan fingerprint density at radius 3 is 2.27 bits per heavy atom. The largest absolute Gasteiger partial charge is 0.471 e. The summed E-state index contributed by atoms with van der Waals surface area (Å²) < 4.78 is 46.9. The maximum Gasteiger partial charge on any atom is 0.471 e. The molecule has 0 fully saturated rings. The zero-order valence-electron chi connectivity index (χ0n) is 14.6. The number of rotatable bonds is 6. The van der Waals surface area contributed by atoms with Crippen LogP contribution in [0.1, 0.15) is 25.3 Å². The molecule has 0 unspecified atom stereocenters. The van der Waals surface area contributed by atoms with E-state index in [1.807, 2.05) is 0 Å². The lowest BCUT2D eigenvalue weighted by Crippen LogP contribution is -2.45. The number of amides is 1. The Labute approximate surface area is 147 Å². The lowest BCUT2D eigenvalue weighted by Gasteiger charge is -2.29. The van der Waals surface area contributed by atoms with Crippen LogP contribution < -0.4 is 0 Å². The monoisotopic (exact) mass is 373 g/mol. The number of carbonyl (C=O) groups excluding carboxylic acids is 1. The number of hydrogen-bond donors (Lipinski definition) is 0. The molecular weight excluding hydrogens is 355 g/mol. The molecular formula is C16H18F3N3O4. The van der Waals surface area contributed by atoms with E-state index in [2.05, 4.69) is 14.7 Å². The van der Waals surface area contributed by atoms with Crippen LogP contribution in [0.2, 0.25) is 0 Å². The molecule has 142 valence electrons. The molecule has 26 heavy (non-hydrogen) atoms. The molecule has 0 spiro atoms. The fourth-order valence-electron chi connectivity index (χ4n) is 1.99. The average molecular weight is 373 g/mol. The second-order valence-electron chi connectivity index (χ2n) is 5.86. The number of benzene rings is 1. The van der Waals surface area contributed by atoms with Crippen molar-refractivity contribution in [1.29, 1.82) is 0 Å². The molecule has 0 saturated heterocycles. The minimum absolute atomic E-state index is 0.127. The molecule has 0 saturated carbocycles. The van der Waals surface area contributed by atoms with Gasteiger partial charge in [0.1, 0.15) is 5.60 Å². The highest BCUT2D eigenvalue weighted by molar-refractivity contribution is 5.83. The van der Waals surface area contributed by atoms with Gasteiger partial charge >= 0.3 is 12.1 Å². The molecule has 0 radical (unpaired) electrons. The first kappa shape index (κ1) is 19.9. The third kappa shape index (κ3) is 4.38. The Morgan fingerprint density at radius 1 is 1.19 bits per heavy atom. The van der Waals surface area contributed by atoms with Crippen molar-refractivity contribution in [3.63, 3.8) is 0 Å². The minimum atomic E-state index is -4.70. The van der Waals surface area contributed by atoms with Crippen LogP contribution in [0, 0.1) is 0 Å². The smallest absolute Gasteiger partial charge is 0.369 e. The summed E-state index contributed by atoms with van der Waals surface area (Å²) in [5, 5.41) is 4.45. The number of hydrogen-bond acceptors (Lipinski definition) is 6. The van der Waals surface area contributed by atoms with E-state index >= 15 is 0 Å². The lowest BCUT2D eigenvalue weighted by molar-refractivity contribution is -0.197. The number of hydroxylamine groups is 2. The second kappa shape index (κ2) is 7.42. The zero-order valence-corrected chi connectivity index (χ0v) is 14.6. The zero-order chi connectivity index (χ0) is 19.5. The van der Waals surface area contributed by atoms with Gasteiger partial charge in [0.25, 0.3) is 5.91 Å². The second-order valence-corrected chi connectivity index (χ2v) is 5.86. The SMILES string of the molecule is CON(Cc1ccc(-c2noc(C(F)(F)F)n2)cc1)C(=O)C(C)(C)OC. The van der Waals surface area contributed by atoms with E-state index in [4.69, 9.17) is 9.57 Å². The molecule has 1 heterocycles. The van der Waals surface area contributed by atoms with Gasteiger partial charge in [-0.3, -0.25) is 9.63 Å². The number of ether oxygens (including phenoxy) is 1. The number of aromatic nitrogens is 2. The summed E-state index contributed by atoms with van der Waals surface area (Å²) in [6.07, 6.45) is -4.70. The molecule has 2 aromatic rings. The van der Waals surface area contributed by atoms with Crippen molar-refractivity contribution in [1.82, 2.24) is 15.2 Å². The molecule has 1 amide bonds. The lowest BCUT2D eigenvalue weighted by atomic mass is 10.1. The van der Waals surface area contributed by atoms with Crippen molar-refractivity contribution < 1.29 is 32.1 Å². The van der Waals surface area contributed by atoms with Gasteiger partial charge in [-0.05, 0) is 19.4 Å². The first-order chi connectivity index (χ1) is 12.1. The fourth-order valence-corrected chi connectivity index (χ4v) is 1.99. The van der Waals surface area contributed by atoms with Gasteiger partial charge in [-0.15, -0.1) is 0 Å². The van der Waals surface area contributed by atoms with E-state index in [9.17, 15) is 18.0 Å². The summed E-state index contributed by atoms with van der Waals surface area (Å²) in [5.74, 6) is -1.96. The molecule has 0 aliphatic heterocycles. The highest BCUT2D eigenvalue weighted by Gasteiger charge is 2.38. The number of halogens is 3. The quantitative estimate of drug-likeness (QED) is 0.725. The van der Waals surface area contributed by atoms with Gasteiger partial charge < -0.3 is 9.26 Å². The van der Waals surface area contributed by atoms with Crippen LogP contribution in [0.25, 0.3) is 11.4 Å². The number of carbonyl (C=O) groups is 1. The summed E-state index contributed by atoms with van der Waals surface area (Å²) in [7, 11) is 2.77. The molecule has 1 aromatic carbocycles. The van der Waals surface area contributed by atoms with Crippen LogP contribution >= 0.6 is 0 Å². The van der Waals surface area contributed by atoms with Crippen LogP contribution in [0.4, 0.5) is 13.2 Å². The first-order valence-corrected chi connectivity index (χ1v) is 7.50. The molecule has 0 aliphatic carbocycles. The Hall–Kier alpha value is -2.46. The maximum absolute atomic E-state index is 12.5. The van der Waals surface area contributed by atoms with E-state index < -0.39 is 17.7 Å². The standard InChI is InChI=1S/C16H18F3N3O4/c1-15(2,24-3)14(23)22(25-4)9-10-5-7-11(8-6-10)12-20-13(26-21-12)16(17,18)19/h5-8H,9H2,1-4H3. The summed E-state index contributed by atoms with van der Waals surface area (Å²) in [6.45, 7) is 3.35. The Morgan fingerprint density at radius 2 is 1.81 bits per heavy atom. The fraction of sp³-hybridized carbons (Fsp3) is 0.438. The summed E-state index contributed by atoms with van der Waals surface area (Å²) in [6, 6.07) is 6.30. The molecule has 7 nitrogen and oxygen atoms in total. The molecule has 2 rings (SSSR count). The topological polar surface area (TPSA) is 77.7 Å². The number of alkyl halides is 3. The summed E-state index contributed by atoms with van der Waals surface area (Å²) in [4.78, 5) is 20.8. The average Bonchev–Trinajstić information content (AvgIpc) is 3.10. The molecule has 1 aromatic heterocycles. The van der Waals surface area contributed by atoms with Crippen molar-refractivity contribution >= 4 is 5.91 Å². The molecule has 0 aliphatic rings. The van der Waals surface area contributed by atoms with E-state index in [-0.39, 0.29) is 18.3 Å². The number of nitrogens with zero attached hydrogens (tertiary/aromatic N) is 3. The van der Waals surface area contributed by atoms with Crippen molar-refractivity contribution in [2.45, 2.75) is 32.2 Å². The highest BCUT2D eigenvalue weighted by Crippen LogP contribution is 2.29. The van der Waals surface area contributed by atoms with Crippen LogP contribution in [0.15, 0.2) is 28.8 Å². The predicted octanol–water partition coefficient (Wildman–Crippen LogP) is 3.07. The van der Waals surface area contributed by atoms with E-state index in [0.29, 0.717) is 11.1 Å². The molecule has 0 N–H and O–H groups in total. The van der Waals surface area contributed by atoms with Gasteiger partial charge in [-0.1, -0.05) is 29.4 Å². The molecule has 10 heteroatoms. The van der Waals surface area contributed by atoms with Crippen molar-refractivity contribution in [3.05, 3.63) is 35.7 Å². The van der Waals surface area contributed by atoms with Crippen molar-refractivity contribution in [3.8, 4) is 11.4 Å². The molecule has 0 atom stereocenters. The third-order valence-corrected chi connectivity index (χ3v) is 3.68. The maximum atomic E-state index is 12.5. The van der Waals surface area contributed by atoms with Crippen LogP contribution in [0.3, 0.4) is 0 Å². The van der Waals surface area contributed by atoms with Gasteiger partial charge in [0.15, 0.2) is 0 Å². The van der Waals surface area contributed by atoms with Crippen LogP contribution in [-0.4, -0.2) is 40.9 Å². The Bertz CT molecular complexity index is 757. The van der Waals surface area contributed by atoms with E-state index in [1.165, 1.54) is 26.4 Å². The first-order valence-electron chi connectivity index (χ1n) is 7.50. The van der Waals surface area contributed by atoms with Crippen LogP contribution in [-0.2, 0) is 27.1 Å². The van der Waals surface area contributed by atoms with Crippen LogP contribution in [0.5, 0.6) is 0 Å². The van der Waals surface area contributed by atoms with Gasteiger partial charge in [0.2, 0.25) is 5.82 Å². The predicted molar refractivity (Wildman–Crippen MR) is 83.4 cm³/mol. The number of methoxy groups -OCH3 is 1. The van der Waals surface area contributed by atoms with E-state index in [1.54, 1.807) is 26.0 Å². The van der Waals surface area contributed by atoms with Gasteiger partial charge in [-0.25, -0.2) is 5.06 Å². The van der Waals surface area contributed by atoms with Gasteiger partial charge in [0.05, 0.1) is 13.7 Å². The van der Waals surface area contributed by atoms with Gasteiger partial charge in [0, 0.05) is 12.7 Å². The van der Waals surface area contributed by atoms with E-state index in [0.717, 1.165) is 5.06 Å². The van der Waals surface area contributed by atoms with Gasteiger partial charge in [-0.2, -0.15) is 18.2 Å². The third-order valence-electron chi connectivity index (χ3n) is 3.68. The van der Waals surface area contributed by atoms with Crippen molar-refractivity contribution in [2.75, 3.05) is 14.2 Å². The highest BCUT2D eigenvalue weighted by atomic mass is 19.4. The Kier molecular flexibility index (Phi) is 5.67. The Balaban J connectivity index is 2.14. The summed E-state index contributed by atoms with van der Waals surface area (Å²) in [5.41, 5.74) is -0.0231. The molecule has 0 bridgehead atoms. The minimum Gasteiger partial charge on any atom is -0.369 e. The summed E-state index contributed by atoms with van der Waals surface area (Å²) >= 11 is 0. The normalized spacial score (nSPS) is 12.3. The van der Waals surface area contributed by atoms with Crippen molar-refractivity contribution in [2.24, 2.45) is 0 Å².